The Morgan fingerprint density at radius 1 is 0.926 bits per heavy atom. The molecule has 27 heavy (non-hydrogen) atoms. The van der Waals surface area contributed by atoms with Crippen molar-refractivity contribution >= 4 is 39.3 Å². The molecule has 0 aliphatic heterocycles. The third-order valence-corrected chi connectivity index (χ3v) is 6.64. The SMILES string of the molecule is CCN(CC)c1ccc(-c2ccc(/C=C(\C#N)c3ccc(C#N)cc3)s2)s1. The average Bonchev–Trinajstić information content (AvgIpc) is 3.37. The van der Waals surface area contributed by atoms with Crippen LogP contribution in [0.25, 0.3) is 21.4 Å². The molecule has 3 aromatic rings. The Morgan fingerprint density at radius 3 is 2.22 bits per heavy atom. The average molecular weight is 390 g/mol. The summed E-state index contributed by atoms with van der Waals surface area (Å²) in [4.78, 5) is 5.85. The van der Waals surface area contributed by atoms with Crippen molar-refractivity contribution in [1.29, 1.82) is 10.5 Å². The first-order valence-corrected chi connectivity index (χ1v) is 10.4. The van der Waals surface area contributed by atoms with Crippen LogP contribution >= 0.6 is 22.7 Å². The van der Waals surface area contributed by atoms with E-state index in [-0.39, 0.29) is 0 Å². The summed E-state index contributed by atoms with van der Waals surface area (Å²) in [6, 6.07) is 20.0. The van der Waals surface area contributed by atoms with Crippen molar-refractivity contribution in [2.45, 2.75) is 13.8 Å². The number of benzene rings is 1. The van der Waals surface area contributed by atoms with Gasteiger partial charge in [-0.15, -0.1) is 22.7 Å². The standard InChI is InChI=1S/C22H19N3S2/c1-3-25(4-2)22-12-11-21(27-22)20-10-9-19(26-20)13-18(15-24)17-7-5-16(14-23)6-8-17/h5-13H,3-4H2,1-2H3/b18-13+. The molecule has 5 heteroatoms. The second-order valence-corrected chi connectivity index (χ2v) is 8.05. The summed E-state index contributed by atoms with van der Waals surface area (Å²) in [5.74, 6) is 0. The van der Waals surface area contributed by atoms with E-state index in [4.69, 9.17) is 5.26 Å². The summed E-state index contributed by atoms with van der Waals surface area (Å²) in [5.41, 5.74) is 2.02. The smallest absolute Gasteiger partial charge is 0.0998 e. The zero-order chi connectivity index (χ0) is 19.2. The first-order chi connectivity index (χ1) is 13.2. The Bertz CT molecular complexity index is 1020. The molecule has 0 spiro atoms. The van der Waals surface area contributed by atoms with E-state index in [0.29, 0.717) is 11.1 Å². The maximum absolute atomic E-state index is 9.53. The molecular weight excluding hydrogens is 370 g/mol. The molecule has 0 unspecified atom stereocenters. The van der Waals surface area contributed by atoms with E-state index >= 15 is 0 Å². The number of nitriles is 2. The van der Waals surface area contributed by atoms with Crippen LogP contribution in [0.4, 0.5) is 5.00 Å². The number of hydrogen-bond donors (Lipinski definition) is 0. The molecule has 0 fully saturated rings. The Hall–Kier alpha value is -2.86. The van der Waals surface area contributed by atoms with Crippen LogP contribution < -0.4 is 4.90 Å². The van der Waals surface area contributed by atoms with Crippen LogP contribution in [0.2, 0.25) is 0 Å². The minimum Gasteiger partial charge on any atom is -0.364 e. The highest BCUT2D eigenvalue weighted by Crippen LogP contribution is 2.38. The number of allylic oxidation sites excluding steroid dienone is 1. The molecule has 0 atom stereocenters. The van der Waals surface area contributed by atoms with Crippen LogP contribution in [0.1, 0.15) is 29.9 Å². The van der Waals surface area contributed by atoms with Crippen LogP contribution in [0.5, 0.6) is 0 Å². The summed E-state index contributed by atoms with van der Waals surface area (Å²) in [5, 5.41) is 19.7. The Morgan fingerprint density at radius 2 is 1.59 bits per heavy atom. The van der Waals surface area contributed by atoms with Gasteiger partial charge in [-0.2, -0.15) is 10.5 Å². The van der Waals surface area contributed by atoms with Crippen LogP contribution in [-0.4, -0.2) is 13.1 Å². The van der Waals surface area contributed by atoms with Crippen molar-refractivity contribution in [2.24, 2.45) is 0 Å². The first kappa shape index (κ1) is 18.9. The fourth-order valence-corrected chi connectivity index (χ4v) is 4.95. The molecule has 0 bridgehead atoms. The molecule has 1 aromatic carbocycles. The summed E-state index contributed by atoms with van der Waals surface area (Å²) in [7, 11) is 0. The van der Waals surface area contributed by atoms with Gasteiger partial charge < -0.3 is 4.90 Å². The van der Waals surface area contributed by atoms with E-state index in [1.54, 1.807) is 34.8 Å². The van der Waals surface area contributed by atoms with Crippen LogP contribution in [0.3, 0.4) is 0 Å². The highest BCUT2D eigenvalue weighted by molar-refractivity contribution is 7.24. The molecule has 134 valence electrons. The van der Waals surface area contributed by atoms with Crippen LogP contribution in [0, 0.1) is 22.7 Å². The van der Waals surface area contributed by atoms with E-state index in [1.807, 2.05) is 18.2 Å². The van der Waals surface area contributed by atoms with Gasteiger partial charge in [0.1, 0.15) is 0 Å². The third-order valence-electron chi connectivity index (χ3n) is 4.27. The molecule has 0 aliphatic rings. The fraction of sp³-hybridized carbons (Fsp3) is 0.182. The molecule has 0 aliphatic carbocycles. The van der Waals surface area contributed by atoms with Crippen molar-refractivity contribution < 1.29 is 0 Å². The maximum atomic E-state index is 9.53. The topological polar surface area (TPSA) is 50.8 Å². The Balaban J connectivity index is 1.85. The number of rotatable bonds is 6. The van der Waals surface area contributed by atoms with E-state index in [9.17, 15) is 5.26 Å². The Kier molecular flexibility index (Phi) is 6.08. The maximum Gasteiger partial charge on any atom is 0.0998 e. The van der Waals surface area contributed by atoms with Crippen molar-refractivity contribution in [3.05, 3.63) is 64.5 Å². The normalized spacial score (nSPS) is 11.0. The fourth-order valence-electron chi connectivity index (χ4n) is 2.77. The number of hydrogen-bond acceptors (Lipinski definition) is 5. The minimum absolute atomic E-state index is 0.594. The van der Waals surface area contributed by atoms with Crippen LogP contribution in [0.15, 0.2) is 48.5 Å². The van der Waals surface area contributed by atoms with Gasteiger partial charge in [0, 0.05) is 27.7 Å². The molecule has 0 N–H and O–H groups in total. The van der Waals surface area contributed by atoms with Crippen LogP contribution in [-0.2, 0) is 0 Å². The number of anilines is 1. The van der Waals surface area contributed by atoms with Gasteiger partial charge in [-0.1, -0.05) is 12.1 Å². The van der Waals surface area contributed by atoms with Gasteiger partial charge in [0.2, 0.25) is 0 Å². The molecule has 0 radical (unpaired) electrons. The first-order valence-electron chi connectivity index (χ1n) is 8.75. The van der Waals surface area contributed by atoms with Gasteiger partial charge in [-0.25, -0.2) is 0 Å². The second-order valence-electron chi connectivity index (χ2n) is 5.87. The van der Waals surface area contributed by atoms with Gasteiger partial charge in [-0.05, 0) is 61.9 Å². The summed E-state index contributed by atoms with van der Waals surface area (Å²) >= 11 is 3.49. The van der Waals surface area contributed by atoms with Crippen molar-refractivity contribution in [3.63, 3.8) is 0 Å². The van der Waals surface area contributed by atoms with E-state index in [2.05, 4.69) is 55.2 Å². The second kappa shape index (κ2) is 8.68. The van der Waals surface area contributed by atoms with Crippen molar-refractivity contribution in [3.8, 4) is 21.9 Å². The highest BCUT2D eigenvalue weighted by Gasteiger charge is 2.10. The Labute approximate surface area is 168 Å². The van der Waals surface area contributed by atoms with Crippen molar-refractivity contribution in [1.82, 2.24) is 0 Å². The van der Waals surface area contributed by atoms with Gasteiger partial charge in [-0.3, -0.25) is 0 Å². The van der Waals surface area contributed by atoms with Gasteiger partial charge in [0.25, 0.3) is 0 Å². The lowest BCUT2D eigenvalue weighted by Crippen LogP contribution is -2.20. The predicted octanol–water partition coefficient (Wildman–Crippen LogP) is 6.26. The molecule has 2 aromatic heterocycles. The van der Waals surface area contributed by atoms with E-state index < -0.39 is 0 Å². The molecular formula is C22H19N3S2. The molecule has 0 saturated carbocycles. The summed E-state index contributed by atoms with van der Waals surface area (Å²) < 4.78 is 0. The number of nitrogens with zero attached hydrogens (tertiary/aromatic N) is 3. The molecule has 0 amide bonds. The molecule has 3 rings (SSSR count). The lowest BCUT2D eigenvalue weighted by molar-refractivity contribution is 0.876. The zero-order valence-corrected chi connectivity index (χ0v) is 16.9. The molecule has 2 heterocycles. The minimum atomic E-state index is 0.594. The third kappa shape index (κ3) is 4.28. The zero-order valence-electron chi connectivity index (χ0n) is 15.3. The lowest BCUT2D eigenvalue weighted by Gasteiger charge is -2.17. The van der Waals surface area contributed by atoms with Crippen molar-refractivity contribution in [2.75, 3.05) is 18.0 Å². The monoisotopic (exact) mass is 389 g/mol. The van der Waals surface area contributed by atoms with Gasteiger partial charge in [0.15, 0.2) is 0 Å². The molecule has 3 nitrogen and oxygen atoms in total. The summed E-state index contributed by atoms with van der Waals surface area (Å²) in [6.45, 7) is 6.35. The lowest BCUT2D eigenvalue weighted by atomic mass is 10.0. The molecule has 0 saturated heterocycles. The summed E-state index contributed by atoms with van der Waals surface area (Å²) in [6.07, 6.45) is 1.91. The van der Waals surface area contributed by atoms with E-state index in [1.165, 1.54) is 14.8 Å². The number of thiophene rings is 2. The van der Waals surface area contributed by atoms with Gasteiger partial charge >= 0.3 is 0 Å². The highest BCUT2D eigenvalue weighted by atomic mass is 32.1. The van der Waals surface area contributed by atoms with E-state index in [0.717, 1.165) is 23.5 Å². The van der Waals surface area contributed by atoms with Gasteiger partial charge in [0.05, 0.1) is 28.3 Å². The largest absolute Gasteiger partial charge is 0.364 e. The predicted molar refractivity (Wildman–Crippen MR) is 116 cm³/mol. The quantitative estimate of drug-likeness (QED) is 0.468.